The minimum atomic E-state index is -4.60. The first-order valence-electron chi connectivity index (χ1n) is 9.11. The lowest BCUT2D eigenvalue weighted by molar-refractivity contribution is -0.191. The van der Waals surface area contributed by atoms with Gasteiger partial charge in [0.15, 0.2) is 0 Å². The Labute approximate surface area is 161 Å². The molecule has 6 heteroatoms. The number of fused-ring (bicyclic) bond motifs is 1. The minimum absolute atomic E-state index is 0.329. The number of alkyl halides is 3. The van der Waals surface area contributed by atoms with Gasteiger partial charge in [0, 0.05) is 23.0 Å². The Morgan fingerprint density at radius 3 is 2.14 bits per heavy atom. The van der Waals surface area contributed by atoms with Crippen LogP contribution in [-0.2, 0) is 11.8 Å². The molecule has 0 saturated heterocycles. The summed E-state index contributed by atoms with van der Waals surface area (Å²) in [4.78, 5) is 3.10. The summed E-state index contributed by atoms with van der Waals surface area (Å²) in [6.07, 6.45) is -5.29. The Morgan fingerprint density at radius 1 is 0.964 bits per heavy atom. The Balaban J connectivity index is 1.98. The highest BCUT2D eigenvalue weighted by molar-refractivity contribution is 5.84. The zero-order valence-corrected chi connectivity index (χ0v) is 16.1. The molecule has 2 nitrogen and oxygen atoms in total. The van der Waals surface area contributed by atoms with E-state index in [0.29, 0.717) is 11.3 Å². The molecule has 1 unspecified atom stereocenters. The van der Waals surface area contributed by atoms with Gasteiger partial charge in [0.2, 0.25) is 0 Å². The zero-order valence-electron chi connectivity index (χ0n) is 16.1. The van der Waals surface area contributed by atoms with Crippen LogP contribution in [0.15, 0.2) is 48.5 Å². The number of hydrogen-bond donors (Lipinski definition) is 2. The number of nitrogens with two attached hydrogens (primary N) is 1. The normalized spacial score (nSPS) is 15.0. The van der Waals surface area contributed by atoms with E-state index in [1.54, 1.807) is 20.8 Å². The van der Waals surface area contributed by atoms with Crippen molar-refractivity contribution in [2.45, 2.75) is 50.7 Å². The number of halogens is 4. The van der Waals surface area contributed by atoms with Crippen molar-refractivity contribution < 1.29 is 17.6 Å². The molecule has 0 radical (unpaired) electrons. The van der Waals surface area contributed by atoms with Crippen LogP contribution in [0.4, 0.5) is 17.6 Å². The van der Waals surface area contributed by atoms with Gasteiger partial charge in [-0.15, -0.1) is 0 Å². The number of rotatable bonds is 5. The second-order valence-electron chi connectivity index (χ2n) is 8.17. The highest BCUT2D eigenvalue weighted by atomic mass is 19.4. The van der Waals surface area contributed by atoms with E-state index in [-0.39, 0.29) is 12.8 Å². The molecule has 0 spiro atoms. The van der Waals surface area contributed by atoms with E-state index in [1.807, 2.05) is 24.3 Å². The molecular weight excluding hydrogens is 368 g/mol. The lowest BCUT2D eigenvalue weighted by Gasteiger charge is -2.39. The summed E-state index contributed by atoms with van der Waals surface area (Å²) in [6, 6.07) is 12.9. The SMILES string of the molecule is Cc1c(CC(N)(CC(C)(C)c2ccc(F)cc2)C(F)(F)F)[nH]c2ccccc12. The van der Waals surface area contributed by atoms with Gasteiger partial charge in [0.25, 0.3) is 0 Å². The van der Waals surface area contributed by atoms with E-state index < -0.39 is 22.9 Å². The fourth-order valence-corrected chi connectivity index (χ4v) is 3.88. The first-order valence-corrected chi connectivity index (χ1v) is 9.11. The van der Waals surface area contributed by atoms with Crippen LogP contribution in [0.5, 0.6) is 0 Å². The van der Waals surface area contributed by atoms with Crippen molar-refractivity contribution in [3.8, 4) is 0 Å². The fraction of sp³-hybridized carbons (Fsp3) is 0.364. The van der Waals surface area contributed by atoms with Gasteiger partial charge in [-0.2, -0.15) is 13.2 Å². The molecule has 3 aromatic rings. The molecule has 150 valence electrons. The van der Waals surface area contributed by atoms with Crippen molar-refractivity contribution in [1.82, 2.24) is 4.98 Å². The van der Waals surface area contributed by atoms with Gasteiger partial charge < -0.3 is 10.7 Å². The van der Waals surface area contributed by atoms with Crippen molar-refractivity contribution >= 4 is 10.9 Å². The second kappa shape index (κ2) is 6.92. The van der Waals surface area contributed by atoms with Gasteiger partial charge in [-0.05, 0) is 48.1 Å². The molecule has 0 bridgehead atoms. The third-order valence-corrected chi connectivity index (χ3v) is 5.51. The maximum atomic E-state index is 14.1. The summed E-state index contributed by atoms with van der Waals surface area (Å²) >= 11 is 0. The summed E-state index contributed by atoms with van der Waals surface area (Å²) in [5, 5.41) is 0.889. The van der Waals surface area contributed by atoms with Crippen LogP contribution in [0.25, 0.3) is 10.9 Å². The summed E-state index contributed by atoms with van der Waals surface area (Å²) in [5.74, 6) is -0.428. The molecule has 1 atom stereocenters. The molecule has 0 amide bonds. The monoisotopic (exact) mass is 392 g/mol. The number of benzene rings is 2. The molecule has 28 heavy (non-hydrogen) atoms. The standard InChI is InChI=1S/C22H24F4N2/c1-14-17-6-4-5-7-18(17)28-19(14)12-21(27,22(24,25)26)13-20(2,3)15-8-10-16(23)11-9-15/h4-11,28H,12-13,27H2,1-3H3. The summed E-state index contributed by atoms with van der Waals surface area (Å²) < 4.78 is 55.5. The third kappa shape index (κ3) is 3.78. The maximum absolute atomic E-state index is 14.1. The van der Waals surface area contributed by atoms with Gasteiger partial charge in [-0.25, -0.2) is 4.39 Å². The molecule has 0 saturated carbocycles. The number of para-hydroxylation sites is 1. The molecule has 0 aliphatic heterocycles. The van der Waals surface area contributed by atoms with Crippen molar-refractivity contribution in [3.63, 3.8) is 0 Å². The van der Waals surface area contributed by atoms with Crippen molar-refractivity contribution in [2.75, 3.05) is 0 Å². The van der Waals surface area contributed by atoms with E-state index >= 15 is 0 Å². The van der Waals surface area contributed by atoms with Crippen LogP contribution < -0.4 is 5.73 Å². The first-order chi connectivity index (χ1) is 12.9. The van der Waals surface area contributed by atoms with Gasteiger partial charge in [0.05, 0.1) is 0 Å². The number of aromatic nitrogens is 1. The van der Waals surface area contributed by atoms with Crippen LogP contribution in [0.3, 0.4) is 0 Å². The van der Waals surface area contributed by atoms with Crippen LogP contribution in [-0.4, -0.2) is 16.7 Å². The first kappa shape index (κ1) is 20.4. The molecule has 0 fully saturated rings. The largest absolute Gasteiger partial charge is 0.406 e. The van der Waals surface area contributed by atoms with E-state index in [9.17, 15) is 17.6 Å². The number of aryl methyl sites for hydroxylation is 1. The highest BCUT2D eigenvalue weighted by Gasteiger charge is 2.54. The van der Waals surface area contributed by atoms with Gasteiger partial charge in [-0.1, -0.05) is 44.2 Å². The van der Waals surface area contributed by atoms with Crippen LogP contribution in [0.2, 0.25) is 0 Å². The average molecular weight is 392 g/mol. The van der Waals surface area contributed by atoms with Crippen molar-refractivity contribution in [2.24, 2.45) is 5.73 Å². The van der Waals surface area contributed by atoms with Gasteiger partial charge in [-0.3, -0.25) is 0 Å². The average Bonchev–Trinajstić information content (AvgIpc) is 2.90. The topological polar surface area (TPSA) is 41.8 Å². The lowest BCUT2D eigenvalue weighted by Crippen LogP contribution is -2.58. The van der Waals surface area contributed by atoms with Crippen molar-refractivity contribution in [3.05, 3.63) is 71.2 Å². The van der Waals surface area contributed by atoms with E-state index in [1.165, 1.54) is 24.3 Å². The number of hydrogen-bond acceptors (Lipinski definition) is 1. The second-order valence-corrected chi connectivity index (χ2v) is 8.17. The smallest absolute Gasteiger partial charge is 0.358 e. The molecule has 3 N–H and O–H groups in total. The van der Waals surface area contributed by atoms with Gasteiger partial charge in [0.1, 0.15) is 11.4 Å². The summed E-state index contributed by atoms with van der Waals surface area (Å²) in [6.45, 7) is 5.20. The van der Waals surface area contributed by atoms with E-state index in [4.69, 9.17) is 5.73 Å². The molecular formula is C22H24F4N2. The Morgan fingerprint density at radius 2 is 1.57 bits per heavy atom. The van der Waals surface area contributed by atoms with Crippen LogP contribution >= 0.6 is 0 Å². The van der Waals surface area contributed by atoms with E-state index in [2.05, 4.69) is 4.98 Å². The van der Waals surface area contributed by atoms with Gasteiger partial charge >= 0.3 is 6.18 Å². The third-order valence-electron chi connectivity index (χ3n) is 5.51. The number of aromatic amines is 1. The molecule has 0 aliphatic rings. The fourth-order valence-electron chi connectivity index (χ4n) is 3.88. The lowest BCUT2D eigenvalue weighted by atomic mass is 9.72. The highest BCUT2D eigenvalue weighted by Crippen LogP contribution is 2.42. The van der Waals surface area contributed by atoms with Crippen LogP contribution in [0, 0.1) is 12.7 Å². The Hall–Kier alpha value is -2.34. The van der Waals surface area contributed by atoms with Crippen molar-refractivity contribution in [1.29, 1.82) is 0 Å². The molecule has 2 aromatic carbocycles. The predicted octanol–water partition coefficient (Wildman–Crippen LogP) is 5.79. The predicted molar refractivity (Wildman–Crippen MR) is 104 cm³/mol. The quantitative estimate of drug-likeness (QED) is 0.531. The molecule has 1 heterocycles. The Kier molecular flexibility index (Phi) is 5.04. The Bertz CT molecular complexity index is 970. The number of H-pyrrole nitrogens is 1. The van der Waals surface area contributed by atoms with E-state index in [0.717, 1.165) is 16.5 Å². The number of nitrogens with one attached hydrogen (secondary N) is 1. The summed E-state index contributed by atoms with van der Waals surface area (Å²) in [7, 11) is 0. The molecule has 1 aromatic heterocycles. The molecule has 3 rings (SSSR count). The van der Waals surface area contributed by atoms with Crippen LogP contribution in [0.1, 0.15) is 37.1 Å². The summed E-state index contributed by atoms with van der Waals surface area (Å²) in [5.41, 5.74) is 5.36. The minimum Gasteiger partial charge on any atom is -0.358 e. The maximum Gasteiger partial charge on any atom is 0.406 e. The molecule has 0 aliphatic carbocycles. The zero-order chi connectivity index (χ0) is 20.7.